The molecule has 1 aliphatic carbocycles. The average Bonchev–Trinajstić information content (AvgIpc) is 2.59. The van der Waals surface area contributed by atoms with Crippen molar-refractivity contribution in [3.8, 4) is 0 Å². The van der Waals surface area contributed by atoms with Crippen LogP contribution in [0.15, 0.2) is 46.7 Å². The van der Waals surface area contributed by atoms with Gasteiger partial charge in [0.1, 0.15) is 12.0 Å². The monoisotopic (exact) mass is 343 g/mol. The molecular formula is C19H25N3O3. The number of allylic oxidation sites excluding steroid dienone is 2. The molecule has 2 rings (SSSR count). The number of Topliss-reactive ketones (excluding diaryl/α,β-unsaturated/α-hetero) is 1. The molecule has 134 valence electrons. The smallest absolute Gasteiger partial charge is 0.168 e. The molecule has 0 fully saturated rings. The number of anilines is 1. The lowest BCUT2D eigenvalue weighted by atomic mass is 9.74. The molecule has 1 aromatic carbocycles. The Labute approximate surface area is 148 Å². The van der Waals surface area contributed by atoms with Gasteiger partial charge < -0.3 is 20.1 Å². The number of hydrogen-bond donors (Lipinski definition) is 2. The van der Waals surface area contributed by atoms with Crippen molar-refractivity contribution in [3.63, 3.8) is 0 Å². The summed E-state index contributed by atoms with van der Waals surface area (Å²) in [6.07, 6.45) is 2.41. The molecule has 0 saturated carbocycles. The van der Waals surface area contributed by atoms with E-state index in [0.29, 0.717) is 13.1 Å². The summed E-state index contributed by atoms with van der Waals surface area (Å²) in [7, 11) is 3.88. The van der Waals surface area contributed by atoms with E-state index in [4.69, 9.17) is 0 Å². The van der Waals surface area contributed by atoms with Crippen LogP contribution in [0.3, 0.4) is 0 Å². The number of benzene rings is 1. The molecule has 0 bridgehead atoms. The van der Waals surface area contributed by atoms with E-state index in [2.05, 4.69) is 10.3 Å². The number of aldehydes is 1. The first-order chi connectivity index (χ1) is 12.0. The number of aliphatic hydroxyl groups excluding tert-OH is 1. The molecule has 25 heavy (non-hydrogen) atoms. The Balaban J connectivity index is 2.06. The zero-order valence-corrected chi connectivity index (χ0v) is 14.7. The molecule has 1 atom stereocenters. The summed E-state index contributed by atoms with van der Waals surface area (Å²) in [5, 5.41) is 13.5. The van der Waals surface area contributed by atoms with Crippen LogP contribution in [0, 0.1) is 5.41 Å². The van der Waals surface area contributed by atoms with Gasteiger partial charge in [-0.25, -0.2) is 0 Å². The van der Waals surface area contributed by atoms with E-state index in [-0.39, 0.29) is 30.0 Å². The topological polar surface area (TPSA) is 82.0 Å². The number of para-hydroxylation sites is 1. The summed E-state index contributed by atoms with van der Waals surface area (Å²) in [6.45, 7) is 1.60. The second-order valence-corrected chi connectivity index (χ2v) is 6.68. The third kappa shape index (κ3) is 5.26. The van der Waals surface area contributed by atoms with Gasteiger partial charge in [0.2, 0.25) is 0 Å². The van der Waals surface area contributed by atoms with Gasteiger partial charge in [-0.3, -0.25) is 9.79 Å². The largest absolute Gasteiger partial charge is 0.511 e. The van der Waals surface area contributed by atoms with Gasteiger partial charge in [-0.1, -0.05) is 18.2 Å². The minimum Gasteiger partial charge on any atom is -0.511 e. The number of carbonyl (C=O) groups excluding carboxylic acids is 2. The zero-order chi connectivity index (χ0) is 18.3. The van der Waals surface area contributed by atoms with Crippen molar-refractivity contribution in [1.29, 1.82) is 0 Å². The van der Waals surface area contributed by atoms with Gasteiger partial charge in [-0.05, 0) is 26.2 Å². The van der Waals surface area contributed by atoms with Crippen LogP contribution in [0.4, 0.5) is 5.69 Å². The second-order valence-electron chi connectivity index (χ2n) is 6.68. The van der Waals surface area contributed by atoms with E-state index >= 15 is 0 Å². The highest BCUT2D eigenvalue weighted by molar-refractivity contribution is 6.15. The summed E-state index contributed by atoms with van der Waals surface area (Å²) in [4.78, 5) is 30.3. The number of rotatable bonds is 8. The Kier molecular flexibility index (Phi) is 6.47. The van der Waals surface area contributed by atoms with E-state index in [0.717, 1.165) is 18.5 Å². The van der Waals surface area contributed by atoms with Gasteiger partial charge in [-0.15, -0.1) is 0 Å². The highest BCUT2D eigenvalue weighted by atomic mass is 16.3. The number of ketones is 1. The molecule has 1 aliphatic rings. The Bertz CT molecular complexity index is 668. The molecule has 0 amide bonds. The lowest BCUT2D eigenvalue weighted by Crippen LogP contribution is -2.38. The summed E-state index contributed by atoms with van der Waals surface area (Å²) in [5.41, 5.74) is 0.157. The van der Waals surface area contributed by atoms with E-state index < -0.39 is 5.41 Å². The molecule has 1 unspecified atom stereocenters. The van der Waals surface area contributed by atoms with Crippen molar-refractivity contribution in [1.82, 2.24) is 4.90 Å². The number of likely N-dealkylation sites (N-methyl/N-ethyl adjacent to an activating group) is 1. The highest BCUT2D eigenvalue weighted by Gasteiger charge is 2.39. The van der Waals surface area contributed by atoms with Gasteiger partial charge >= 0.3 is 0 Å². The molecule has 2 N–H and O–H groups in total. The summed E-state index contributed by atoms with van der Waals surface area (Å²) in [5.74, 6) is -0.314. The second kappa shape index (κ2) is 8.58. The van der Waals surface area contributed by atoms with Crippen LogP contribution in [0.1, 0.15) is 12.8 Å². The van der Waals surface area contributed by atoms with Crippen LogP contribution in [0.5, 0.6) is 0 Å². The zero-order valence-electron chi connectivity index (χ0n) is 14.7. The standard InChI is InChI=1S/C19H25N3O3/c1-22(2)9-8-20-12-16-17(24)10-19(14-23,11-18(16)25)13-21-15-6-4-3-5-7-15/h3-7,12,14,21,24H,8-11,13H2,1-2H3. The molecule has 0 saturated heterocycles. The van der Waals surface area contributed by atoms with Gasteiger partial charge in [0.25, 0.3) is 0 Å². The lowest BCUT2D eigenvalue weighted by molar-refractivity contribution is -0.125. The number of carbonyl (C=O) groups is 2. The quantitative estimate of drug-likeness (QED) is 0.558. The van der Waals surface area contributed by atoms with Gasteiger partial charge in [0, 0.05) is 37.8 Å². The first kappa shape index (κ1) is 18.9. The fourth-order valence-corrected chi connectivity index (χ4v) is 2.71. The van der Waals surface area contributed by atoms with E-state index in [9.17, 15) is 14.7 Å². The first-order valence-electron chi connectivity index (χ1n) is 8.31. The van der Waals surface area contributed by atoms with Crippen molar-refractivity contribution < 1.29 is 14.7 Å². The van der Waals surface area contributed by atoms with Gasteiger partial charge in [0.15, 0.2) is 5.78 Å². The number of aliphatic imine (C=N–C) groups is 1. The van der Waals surface area contributed by atoms with Crippen molar-refractivity contribution in [2.24, 2.45) is 10.4 Å². The fourth-order valence-electron chi connectivity index (χ4n) is 2.71. The van der Waals surface area contributed by atoms with Crippen LogP contribution in [0.25, 0.3) is 0 Å². The van der Waals surface area contributed by atoms with Crippen LogP contribution in [0.2, 0.25) is 0 Å². The van der Waals surface area contributed by atoms with E-state index in [1.54, 1.807) is 0 Å². The number of nitrogens with one attached hydrogen (secondary N) is 1. The molecular weight excluding hydrogens is 318 g/mol. The predicted molar refractivity (Wildman–Crippen MR) is 99.2 cm³/mol. The van der Waals surface area contributed by atoms with Gasteiger partial charge in [0.05, 0.1) is 17.5 Å². The Hall–Kier alpha value is -2.47. The molecule has 0 heterocycles. The van der Waals surface area contributed by atoms with Crippen molar-refractivity contribution in [3.05, 3.63) is 41.7 Å². The maximum atomic E-state index is 12.4. The number of aliphatic hydroxyl groups is 1. The normalized spacial score (nSPS) is 21.2. The van der Waals surface area contributed by atoms with Gasteiger partial charge in [-0.2, -0.15) is 0 Å². The van der Waals surface area contributed by atoms with Crippen molar-refractivity contribution in [2.75, 3.05) is 39.0 Å². The van der Waals surface area contributed by atoms with Crippen LogP contribution in [-0.4, -0.2) is 62.0 Å². The van der Waals surface area contributed by atoms with E-state index in [1.807, 2.05) is 49.3 Å². The molecule has 0 spiro atoms. The highest BCUT2D eigenvalue weighted by Crippen LogP contribution is 2.35. The molecule has 6 nitrogen and oxygen atoms in total. The predicted octanol–water partition coefficient (Wildman–Crippen LogP) is 2.09. The van der Waals surface area contributed by atoms with Crippen molar-refractivity contribution >= 4 is 24.0 Å². The third-order valence-corrected chi connectivity index (χ3v) is 4.21. The average molecular weight is 343 g/mol. The molecule has 0 aliphatic heterocycles. The lowest BCUT2D eigenvalue weighted by Gasteiger charge is -2.31. The summed E-state index contributed by atoms with van der Waals surface area (Å²) < 4.78 is 0. The Morgan fingerprint density at radius 1 is 1.28 bits per heavy atom. The Morgan fingerprint density at radius 2 is 2.00 bits per heavy atom. The van der Waals surface area contributed by atoms with Crippen LogP contribution >= 0.6 is 0 Å². The Morgan fingerprint density at radius 3 is 2.60 bits per heavy atom. The molecule has 0 aromatic heterocycles. The minimum absolute atomic E-state index is 0.0631. The first-order valence-corrected chi connectivity index (χ1v) is 8.31. The molecule has 6 heteroatoms. The third-order valence-electron chi connectivity index (χ3n) is 4.21. The number of nitrogens with zero attached hydrogens (tertiary/aromatic N) is 2. The maximum absolute atomic E-state index is 12.4. The number of hydrogen-bond acceptors (Lipinski definition) is 6. The maximum Gasteiger partial charge on any atom is 0.168 e. The molecule has 0 radical (unpaired) electrons. The summed E-state index contributed by atoms with van der Waals surface area (Å²) >= 11 is 0. The van der Waals surface area contributed by atoms with Crippen LogP contribution < -0.4 is 5.32 Å². The summed E-state index contributed by atoms with van der Waals surface area (Å²) in [6, 6.07) is 9.47. The minimum atomic E-state index is -0.933. The fraction of sp³-hybridized carbons (Fsp3) is 0.421. The van der Waals surface area contributed by atoms with E-state index in [1.165, 1.54) is 6.21 Å². The SMILES string of the molecule is CN(C)CCN=CC1=C(O)CC(C=O)(CNc2ccccc2)CC1=O. The van der Waals surface area contributed by atoms with Crippen molar-refractivity contribution in [2.45, 2.75) is 12.8 Å². The van der Waals surface area contributed by atoms with Crippen LogP contribution in [-0.2, 0) is 9.59 Å². The molecule has 1 aromatic rings.